The zero-order valence-corrected chi connectivity index (χ0v) is 15.0. The molecule has 2 N–H and O–H groups in total. The highest BCUT2D eigenvalue weighted by Gasteiger charge is 1.99. The smallest absolute Gasteiger partial charge is 0.191 e. The Labute approximate surface area is 139 Å². The fraction of sp³-hybridized carbons (Fsp3) is 0.667. The Balaban J connectivity index is 0.00000361. The van der Waals surface area contributed by atoms with E-state index in [4.69, 9.17) is 4.42 Å². The lowest BCUT2D eigenvalue weighted by molar-refractivity contribution is 0.506. The van der Waals surface area contributed by atoms with Crippen molar-refractivity contribution >= 4 is 29.9 Å². The molecule has 1 aromatic rings. The lowest BCUT2D eigenvalue weighted by Crippen LogP contribution is -2.39. The van der Waals surface area contributed by atoms with E-state index >= 15 is 0 Å². The van der Waals surface area contributed by atoms with Crippen LogP contribution in [0, 0.1) is 0 Å². The van der Waals surface area contributed by atoms with Crippen molar-refractivity contribution in [3.05, 3.63) is 24.2 Å². The number of aliphatic imine (C=N–C) groups is 1. The van der Waals surface area contributed by atoms with Crippen LogP contribution < -0.4 is 10.6 Å². The molecule has 0 aromatic carbocycles. The summed E-state index contributed by atoms with van der Waals surface area (Å²) in [4.78, 5) is 4.57. The Morgan fingerprint density at radius 1 is 1.15 bits per heavy atom. The Morgan fingerprint density at radius 2 is 1.90 bits per heavy atom. The van der Waals surface area contributed by atoms with Crippen LogP contribution in [0.4, 0.5) is 0 Å². The lowest BCUT2D eigenvalue weighted by atomic mass is 10.3. The van der Waals surface area contributed by atoms with Gasteiger partial charge in [-0.15, -0.1) is 24.0 Å². The summed E-state index contributed by atoms with van der Waals surface area (Å²) in [5.41, 5.74) is 0. The van der Waals surface area contributed by atoms with Crippen molar-refractivity contribution in [2.75, 3.05) is 19.6 Å². The fourth-order valence-corrected chi connectivity index (χ4v) is 1.67. The first kappa shape index (κ1) is 19.3. The van der Waals surface area contributed by atoms with E-state index in [9.17, 15) is 0 Å². The summed E-state index contributed by atoms with van der Waals surface area (Å²) in [7, 11) is 0. The number of furan rings is 1. The van der Waals surface area contributed by atoms with Gasteiger partial charge >= 0.3 is 0 Å². The number of halogens is 1. The molecule has 20 heavy (non-hydrogen) atoms. The lowest BCUT2D eigenvalue weighted by Gasteiger charge is -2.11. The molecule has 5 heteroatoms. The number of nitrogens with one attached hydrogen (secondary N) is 2. The molecule has 4 nitrogen and oxygen atoms in total. The average molecular weight is 393 g/mol. The summed E-state index contributed by atoms with van der Waals surface area (Å²) >= 11 is 0. The second-order valence-electron chi connectivity index (χ2n) is 4.62. The molecule has 0 fully saturated rings. The molecular weight excluding hydrogens is 365 g/mol. The van der Waals surface area contributed by atoms with Crippen molar-refractivity contribution in [2.24, 2.45) is 4.99 Å². The van der Waals surface area contributed by atoms with Crippen molar-refractivity contribution in [1.29, 1.82) is 0 Å². The molecule has 0 unspecified atom stereocenters. The third kappa shape index (κ3) is 9.23. The van der Waals surface area contributed by atoms with E-state index in [0.29, 0.717) is 0 Å². The van der Waals surface area contributed by atoms with Gasteiger partial charge in [0.1, 0.15) is 5.76 Å². The zero-order valence-electron chi connectivity index (χ0n) is 12.7. The van der Waals surface area contributed by atoms with Crippen LogP contribution in [0.2, 0.25) is 0 Å². The molecule has 1 heterocycles. The summed E-state index contributed by atoms with van der Waals surface area (Å²) in [6.45, 7) is 7.09. The number of guanidine groups is 1. The van der Waals surface area contributed by atoms with Crippen LogP contribution in [0.1, 0.15) is 45.3 Å². The van der Waals surface area contributed by atoms with Crippen molar-refractivity contribution in [3.63, 3.8) is 0 Å². The van der Waals surface area contributed by atoms with E-state index in [1.54, 1.807) is 6.26 Å². The van der Waals surface area contributed by atoms with Crippen LogP contribution >= 0.6 is 24.0 Å². The van der Waals surface area contributed by atoms with E-state index in [1.165, 1.54) is 19.3 Å². The Bertz CT molecular complexity index is 339. The highest BCUT2D eigenvalue weighted by atomic mass is 127. The van der Waals surface area contributed by atoms with Crippen LogP contribution in [0.5, 0.6) is 0 Å². The molecule has 0 aliphatic carbocycles. The molecule has 1 aromatic heterocycles. The molecule has 0 amide bonds. The molecule has 0 spiro atoms. The number of hydrogen-bond acceptors (Lipinski definition) is 2. The average Bonchev–Trinajstić information content (AvgIpc) is 2.92. The van der Waals surface area contributed by atoms with Crippen LogP contribution in [-0.4, -0.2) is 25.6 Å². The van der Waals surface area contributed by atoms with Crippen LogP contribution in [0.15, 0.2) is 27.8 Å². The molecule has 0 radical (unpaired) electrons. The normalized spacial score (nSPS) is 11.0. The monoisotopic (exact) mass is 393 g/mol. The SMILES string of the molecule is CCCCN=C(NCCCC)NCCc1ccco1.I. The first-order chi connectivity index (χ1) is 9.36. The van der Waals surface area contributed by atoms with Gasteiger partial charge in [-0.05, 0) is 25.0 Å². The first-order valence-corrected chi connectivity index (χ1v) is 7.41. The molecule has 0 aliphatic rings. The number of unbranched alkanes of at least 4 members (excludes halogenated alkanes) is 2. The summed E-state index contributed by atoms with van der Waals surface area (Å²) < 4.78 is 5.31. The van der Waals surface area contributed by atoms with E-state index in [2.05, 4.69) is 29.5 Å². The highest BCUT2D eigenvalue weighted by Crippen LogP contribution is 1.99. The highest BCUT2D eigenvalue weighted by molar-refractivity contribution is 14.0. The maximum atomic E-state index is 5.31. The number of rotatable bonds is 9. The van der Waals surface area contributed by atoms with E-state index in [0.717, 1.165) is 44.2 Å². The first-order valence-electron chi connectivity index (χ1n) is 7.41. The van der Waals surface area contributed by atoms with Crippen molar-refractivity contribution < 1.29 is 4.42 Å². The molecule has 1 rings (SSSR count). The van der Waals surface area contributed by atoms with Gasteiger partial charge in [-0.1, -0.05) is 26.7 Å². The standard InChI is InChI=1S/C15H27N3O.HI/c1-3-5-10-16-15(17-11-6-4-2)18-12-9-14-8-7-13-19-14;/h7-8,13H,3-6,9-12H2,1-2H3,(H2,16,17,18);1H. The van der Waals surface area contributed by atoms with Crippen molar-refractivity contribution in [3.8, 4) is 0 Å². The molecule has 0 bridgehead atoms. The van der Waals surface area contributed by atoms with Gasteiger partial charge in [0.05, 0.1) is 6.26 Å². The van der Waals surface area contributed by atoms with Gasteiger partial charge in [0, 0.05) is 26.1 Å². The quantitative estimate of drug-likeness (QED) is 0.292. The third-order valence-corrected chi connectivity index (χ3v) is 2.85. The van der Waals surface area contributed by atoms with E-state index in [1.807, 2.05) is 12.1 Å². The van der Waals surface area contributed by atoms with E-state index in [-0.39, 0.29) is 24.0 Å². The van der Waals surface area contributed by atoms with E-state index < -0.39 is 0 Å². The molecule has 0 atom stereocenters. The predicted molar refractivity (Wildman–Crippen MR) is 96.0 cm³/mol. The Kier molecular flexibility index (Phi) is 12.8. The fourth-order valence-electron chi connectivity index (χ4n) is 1.67. The van der Waals surface area contributed by atoms with Gasteiger partial charge in [-0.3, -0.25) is 4.99 Å². The van der Waals surface area contributed by atoms with Gasteiger partial charge < -0.3 is 15.1 Å². The molecular formula is C15H28IN3O. The number of nitrogens with zero attached hydrogens (tertiary/aromatic N) is 1. The van der Waals surface area contributed by atoms with Gasteiger partial charge in [0.15, 0.2) is 5.96 Å². The summed E-state index contributed by atoms with van der Waals surface area (Å²) in [6.07, 6.45) is 7.28. The summed E-state index contributed by atoms with van der Waals surface area (Å²) in [6, 6.07) is 3.92. The predicted octanol–water partition coefficient (Wildman–Crippen LogP) is 3.58. The Hall–Kier alpha value is -0.720. The van der Waals surface area contributed by atoms with Crippen LogP contribution in [-0.2, 0) is 6.42 Å². The number of hydrogen-bond donors (Lipinski definition) is 2. The van der Waals surface area contributed by atoms with Crippen LogP contribution in [0.25, 0.3) is 0 Å². The van der Waals surface area contributed by atoms with Gasteiger partial charge in [-0.2, -0.15) is 0 Å². The van der Waals surface area contributed by atoms with Crippen LogP contribution in [0.3, 0.4) is 0 Å². The zero-order chi connectivity index (χ0) is 13.8. The van der Waals surface area contributed by atoms with Gasteiger partial charge in [0.25, 0.3) is 0 Å². The maximum Gasteiger partial charge on any atom is 0.191 e. The summed E-state index contributed by atoms with van der Waals surface area (Å²) in [5.74, 6) is 1.93. The second-order valence-corrected chi connectivity index (χ2v) is 4.62. The minimum Gasteiger partial charge on any atom is -0.469 e. The summed E-state index contributed by atoms with van der Waals surface area (Å²) in [5, 5.41) is 6.72. The minimum atomic E-state index is 0. The molecule has 116 valence electrons. The Morgan fingerprint density at radius 3 is 2.55 bits per heavy atom. The topological polar surface area (TPSA) is 49.6 Å². The van der Waals surface area contributed by atoms with Crippen molar-refractivity contribution in [2.45, 2.75) is 46.0 Å². The maximum absolute atomic E-state index is 5.31. The largest absolute Gasteiger partial charge is 0.469 e. The van der Waals surface area contributed by atoms with Gasteiger partial charge in [-0.25, -0.2) is 0 Å². The minimum absolute atomic E-state index is 0. The second kappa shape index (κ2) is 13.3. The van der Waals surface area contributed by atoms with Gasteiger partial charge in [0.2, 0.25) is 0 Å². The molecule has 0 saturated heterocycles. The third-order valence-electron chi connectivity index (χ3n) is 2.85. The van der Waals surface area contributed by atoms with Crippen molar-refractivity contribution in [1.82, 2.24) is 10.6 Å². The molecule has 0 aliphatic heterocycles. The molecule has 0 saturated carbocycles.